The van der Waals surface area contributed by atoms with Crippen molar-refractivity contribution in [2.24, 2.45) is 11.3 Å². The summed E-state index contributed by atoms with van der Waals surface area (Å²) in [7, 11) is 1.56. The summed E-state index contributed by atoms with van der Waals surface area (Å²) in [5.41, 5.74) is 3.26. The maximum Gasteiger partial charge on any atom is 0.228 e. The lowest BCUT2D eigenvalue weighted by Gasteiger charge is -2.11. The first-order chi connectivity index (χ1) is 14.3. The van der Waals surface area contributed by atoms with Crippen molar-refractivity contribution >= 4 is 23.2 Å². The Kier molecular flexibility index (Phi) is 5.20. The number of hydrogen-bond acceptors (Lipinski definition) is 3. The van der Waals surface area contributed by atoms with Crippen LogP contribution in [0.25, 0.3) is 11.1 Å². The molecule has 1 amide bonds. The minimum atomic E-state index is -0.160. The molecular formula is C25H24ClNO3. The second-order valence-electron chi connectivity index (χ2n) is 8.25. The van der Waals surface area contributed by atoms with Gasteiger partial charge in [0.1, 0.15) is 11.5 Å². The normalized spacial score (nSPS) is 19.2. The number of benzene rings is 3. The SMILES string of the molecule is COc1ccc(Cl)cc1NC(=O)[C@@H]1[C@@H](c2ccc(-c3ccccc3O)cc2)C1(C)C. The zero-order chi connectivity index (χ0) is 21.5. The number of hydrogen-bond donors (Lipinski definition) is 2. The number of phenols is 1. The standard InChI is InChI=1S/C25H24ClNO3/c1-25(2)22(16-10-8-15(9-11-16)18-6-4-5-7-20(18)28)23(25)24(29)27-19-14-17(26)12-13-21(19)30-3/h4-14,22-23,28H,1-3H3,(H,27,29)/t22-,23+/m1/s1. The number of nitrogens with one attached hydrogen (secondary N) is 1. The van der Waals surface area contributed by atoms with Crippen molar-refractivity contribution < 1.29 is 14.6 Å². The Morgan fingerprint density at radius 2 is 1.77 bits per heavy atom. The number of phenolic OH excluding ortho intramolecular Hbond substituents is 1. The second kappa shape index (κ2) is 7.69. The van der Waals surface area contributed by atoms with E-state index in [1.165, 1.54) is 0 Å². The fourth-order valence-corrected chi connectivity index (χ4v) is 4.50. The summed E-state index contributed by atoms with van der Waals surface area (Å²) < 4.78 is 5.34. The predicted molar refractivity (Wildman–Crippen MR) is 120 cm³/mol. The average Bonchev–Trinajstić information content (AvgIpc) is 3.31. The maximum atomic E-state index is 13.0. The van der Waals surface area contributed by atoms with Gasteiger partial charge in [-0.15, -0.1) is 0 Å². The molecule has 2 N–H and O–H groups in total. The molecule has 3 aromatic carbocycles. The molecule has 0 radical (unpaired) electrons. The summed E-state index contributed by atoms with van der Waals surface area (Å²) in [6.45, 7) is 4.21. The summed E-state index contributed by atoms with van der Waals surface area (Å²) in [4.78, 5) is 13.0. The van der Waals surface area contributed by atoms with Crippen LogP contribution in [0.5, 0.6) is 11.5 Å². The summed E-state index contributed by atoms with van der Waals surface area (Å²) in [6.07, 6.45) is 0. The summed E-state index contributed by atoms with van der Waals surface area (Å²) in [5.74, 6) is 0.744. The summed E-state index contributed by atoms with van der Waals surface area (Å²) in [5, 5.41) is 13.6. The first-order valence-corrected chi connectivity index (χ1v) is 10.2. The first kappa shape index (κ1) is 20.3. The van der Waals surface area contributed by atoms with Gasteiger partial charge in [-0.25, -0.2) is 0 Å². The van der Waals surface area contributed by atoms with Crippen molar-refractivity contribution in [3.05, 3.63) is 77.3 Å². The highest BCUT2D eigenvalue weighted by molar-refractivity contribution is 6.31. The quantitative estimate of drug-likeness (QED) is 0.523. The van der Waals surface area contributed by atoms with Crippen molar-refractivity contribution in [3.8, 4) is 22.6 Å². The lowest BCUT2D eigenvalue weighted by Crippen LogP contribution is -2.17. The molecule has 0 saturated heterocycles. The van der Waals surface area contributed by atoms with E-state index in [1.807, 2.05) is 36.4 Å². The van der Waals surface area contributed by atoms with E-state index in [1.54, 1.807) is 37.4 Å². The van der Waals surface area contributed by atoms with Crippen LogP contribution in [0.3, 0.4) is 0 Å². The van der Waals surface area contributed by atoms with Crippen molar-refractivity contribution in [2.75, 3.05) is 12.4 Å². The molecular weight excluding hydrogens is 398 g/mol. The van der Waals surface area contributed by atoms with E-state index in [0.717, 1.165) is 16.7 Å². The third kappa shape index (κ3) is 3.63. The van der Waals surface area contributed by atoms with E-state index in [4.69, 9.17) is 16.3 Å². The fourth-order valence-electron chi connectivity index (χ4n) is 4.33. The van der Waals surface area contributed by atoms with Crippen LogP contribution >= 0.6 is 11.6 Å². The van der Waals surface area contributed by atoms with E-state index >= 15 is 0 Å². The number of rotatable bonds is 5. The minimum Gasteiger partial charge on any atom is -0.507 e. The van der Waals surface area contributed by atoms with E-state index < -0.39 is 0 Å². The lowest BCUT2D eigenvalue weighted by molar-refractivity contribution is -0.118. The average molecular weight is 422 g/mol. The Hall–Kier alpha value is -2.98. The Labute approximate surface area is 181 Å². The van der Waals surface area contributed by atoms with Gasteiger partial charge < -0.3 is 15.2 Å². The molecule has 0 aromatic heterocycles. The number of ether oxygens (including phenoxy) is 1. The number of amides is 1. The first-order valence-electron chi connectivity index (χ1n) is 9.85. The predicted octanol–water partition coefficient (Wildman–Crippen LogP) is 6.10. The Bertz CT molecular complexity index is 1090. The molecule has 1 aliphatic rings. The molecule has 0 aliphatic heterocycles. The van der Waals surface area contributed by atoms with Crippen molar-refractivity contribution in [2.45, 2.75) is 19.8 Å². The molecule has 1 fully saturated rings. The molecule has 0 unspecified atom stereocenters. The number of methoxy groups -OCH3 is 1. The monoisotopic (exact) mass is 421 g/mol. The lowest BCUT2D eigenvalue weighted by atomic mass is 9.99. The van der Waals surface area contributed by atoms with Gasteiger partial charge >= 0.3 is 0 Å². The third-order valence-electron chi connectivity index (χ3n) is 6.01. The van der Waals surface area contributed by atoms with Gasteiger partial charge in [0.2, 0.25) is 5.91 Å². The van der Waals surface area contributed by atoms with E-state index in [9.17, 15) is 9.90 Å². The minimum absolute atomic E-state index is 0.0460. The van der Waals surface area contributed by atoms with E-state index in [-0.39, 0.29) is 28.9 Å². The van der Waals surface area contributed by atoms with Gasteiger partial charge in [0.05, 0.1) is 18.7 Å². The highest BCUT2D eigenvalue weighted by Crippen LogP contribution is 2.64. The molecule has 30 heavy (non-hydrogen) atoms. The van der Waals surface area contributed by atoms with Crippen LogP contribution in [0.1, 0.15) is 25.3 Å². The van der Waals surface area contributed by atoms with Crippen LogP contribution in [0, 0.1) is 11.3 Å². The summed E-state index contributed by atoms with van der Waals surface area (Å²) in [6, 6.07) is 20.5. The van der Waals surface area contributed by atoms with Crippen molar-refractivity contribution in [1.82, 2.24) is 0 Å². The van der Waals surface area contributed by atoms with Crippen LogP contribution in [0.15, 0.2) is 66.7 Å². The van der Waals surface area contributed by atoms with Crippen LogP contribution in [0.2, 0.25) is 5.02 Å². The number of aromatic hydroxyl groups is 1. The molecule has 1 aliphatic carbocycles. The molecule has 5 heteroatoms. The van der Waals surface area contributed by atoms with Gasteiger partial charge in [0.25, 0.3) is 0 Å². The van der Waals surface area contributed by atoms with Crippen LogP contribution < -0.4 is 10.1 Å². The fraction of sp³-hybridized carbons (Fsp3) is 0.240. The number of para-hydroxylation sites is 1. The topological polar surface area (TPSA) is 58.6 Å². The van der Waals surface area contributed by atoms with Crippen LogP contribution in [-0.4, -0.2) is 18.1 Å². The Balaban J connectivity index is 1.54. The Morgan fingerprint density at radius 3 is 2.43 bits per heavy atom. The van der Waals surface area contributed by atoms with Gasteiger partial charge in [-0.05, 0) is 40.8 Å². The zero-order valence-electron chi connectivity index (χ0n) is 17.1. The second-order valence-corrected chi connectivity index (χ2v) is 8.69. The largest absolute Gasteiger partial charge is 0.507 e. The van der Waals surface area contributed by atoms with Gasteiger partial charge in [0, 0.05) is 16.5 Å². The summed E-state index contributed by atoms with van der Waals surface area (Å²) >= 11 is 6.08. The Morgan fingerprint density at radius 1 is 1.07 bits per heavy atom. The molecule has 4 nitrogen and oxygen atoms in total. The smallest absolute Gasteiger partial charge is 0.228 e. The van der Waals surface area contributed by atoms with Crippen molar-refractivity contribution in [1.29, 1.82) is 0 Å². The highest BCUT2D eigenvalue weighted by Gasteiger charge is 2.62. The van der Waals surface area contributed by atoms with Crippen molar-refractivity contribution in [3.63, 3.8) is 0 Å². The zero-order valence-corrected chi connectivity index (χ0v) is 17.9. The maximum absolute atomic E-state index is 13.0. The van der Waals surface area contributed by atoms with Crippen LogP contribution in [-0.2, 0) is 4.79 Å². The molecule has 4 rings (SSSR count). The molecule has 0 bridgehead atoms. The molecule has 2 atom stereocenters. The number of carbonyl (C=O) groups is 1. The highest BCUT2D eigenvalue weighted by atomic mass is 35.5. The third-order valence-corrected chi connectivity index (χ3v) is 6.25. The van der Waals surface area contributed by atoms with Gasteiger partial charge in [-0.2, -0.15) is 0 Å². The van der Waals surface area contributed by atoms with Crippen LogP contribution in [0.4, 0.5) is 5.69 Å². The molecule has 3 aromatic rings. The van der Waals surface area contributed by atoms with Gasteiger partial charge in [-0.3, -0.25) is 4.79 Å². The van der Waals surface area contributed by atoms with Gasteiger partial charge in [0.15, 0.2) is 0 Å². The number of halogens is 1. The number of carbonyl (C=O) groups excluding carboxylic acids is 1. The molecule has 0 heterocycles. The van der Waals surface area contributed by atoms with E-state index in [2.05, 4.69) is 19.2 Å². The van der Waals surface area contributed by atoms with E-state index in [0.29, 0.717) is 16.5 Å². The molecule has 0 spiro atoms. The van der Waals surface area contributed by atoms with Gasteiger partial charge in [-0.1, -0.05) is 67.9 Å². The number of anilines is 1. The molecule has 154 valence electrons. The molecule has 1 saturated carbocycles.